The number of amides is 1. The van der Waals surface area contributed by atoms with Crippen LogP contribution in [0.5, 0.6) is 5.75 Å². The maximum absolute atomic E-state index is 13.9. The summed E-state index contributed by atoms with van der Waals surface area (Å²) in [5.41, 5.74) is 1.76. The lowest BCUT2D eigenvalue weighted by Gasteiger charge is -2.07. The van der Waals surface area contributed by atoms with Crippen LogP contribution in [-0.2, 0) is 13.3 Å². The van der Waals surface area contributed by atoms with Gasteiger partial charge in [0.25, 0.3) is 5.91 Å². The molecule has 0 spiro atoms. The first-order valence-corrected chi connectivity index (χ1v) is 11.3. The molecule has 0 aliphatic carbocycles. The topological polar surface area (TPSA) is 74.0 Å². The van der Waals surface area contributed by atoms with Crippen LogP contribution < -0.4 is 10.1 Å². The van der Waals surface area contributed by atoms with E-state index in [0.29, 0.717) is 5.75 Å². The molecule has 0 bridgehead atoms. The molecule has 0 saturated carbocycles. The summed E-state index contributed by atoms with van der Waals surface area (Å²) < 4.78 is 62.7. The molecule has 0 fully saturated rings. The smallest absolute Gasteiger partial charge is 0.276 e. The number of nitrogens with one attached hydrogen (secondary N) is 1. The summed E-state index contributed by atoms with van der Waals surface area (Å²) in [6.07, 6.45) is 4.11. The second-order valence-electron chi connectivity index (χ2n) is 8.23. The molecule has 0 aliphatic rings. The van der Waals surface area contributed by atoms with Gasteiger partial charge in [-0.1, -0.05) is 42.5 Å². The number of rotatable bonds is 8. The third-order valence-corrected chi connectivity index (χ3v) is 5.62. The van der Waals surface area contributed by atoms with Gasteiger partial charge in [0.05, 0.1) is 18.4 Å². The first-order valence-electron chi connectivity index (χ1n) is 11.3. The molecule has 2 heterocycles. The van der Waals surface area contributed by atoms with E-state index >= 15 is 0 Å². The lowest BCUT2D eigenvalue weighted by Crippen LogP contribution is -2.14. The number of nitrogens with zero attached hydrogens (tertiary/aromatic N) is 4. The maximum Gasteiger partial charge on any atom is 0.276 e. The summed E-state index contributed by atoms with van der Waals surface area (Å²) in [5, 5.41) is 10.6. The van der Waals surface area contributed by atoms with Gasteiger partial charge in [-0.3, -0.25) is 9.48 Å². The van der Waals surface area contributed by atoms with Crippen molar-refractivity contribution in [3.63, 3.8) is 0 Å². The Hall–Kier alpha value is -4.93. The number of halogens is 4. The number of carbonyl (C=O) groups is 1. The second kappa shape index (κ2) is 10.6. The summed E-state index contributed by atoms with van der Waals surface area (Å²) in [6, 6.07) is 19.3. The standard InChI is InChI=1S/C27H19F4N5O2/c28-22-12-23(29)26(31)25(30)21(22)15-36-14-19(13-32-36)33-27(37)24-10-11-35(34-24)16-38-20-8-6-18(7-9-20)17-4-2-1-3-5-17/h1-14H,15-16H2,(H,33,37). The number of ether oxygens (including phenoxy) is 1. The Morgan fingerprint density at radius 3 is 2.37 bits per heavy atom. The first kappa shape index (κ1) is 24.8. The van der Waals surface area contributed by atoms with Gasteiger partial charge in [0, 0.05) is 24.0 Å². The molecule has 38 heavy (non-hydrogen) atoms. The van der Waals surface area contributed by atoms with E-state index in [1.807, 2.05) is 54.6 Å². The van der Waals surface area contributed by atoms with Crippen molar-refractivity contribution < 1.29 is 27.1 Å². The molecule has 0 atom stereocenters. The van der Waals surface area contributed by atoms with Gasteiger partial charge in [-0.15, -0.1) is 0 Å². The van der Waals surface area contributed by atoms with E-state index in [2.05, 4.69) is 15.5 Å². The van der Waals surface area contributed by atoms with E-state index in [9.17, 15) is 22.4 Å². The normalized spacial score (nSPS) is 10.9. The Labute approximate surface area is 213 Å². The van der Waals surface area contributed by atoms with Crippen molar-refractivity contribution in [1.82, 2.24) is 19.6 Å². The number of benzene rings is 3. The summed E-state index contributed by atoms with van der Waals surface area (Å²) in [4.78, 5) is 12.6. The van der Waals surface area contributed by atoms with Crippen molar-refractivity contribution in [1.29, 1.82) is 0 Å². The molecule has 0 unspecified atom stereocenters. The van der Waals surface area contributed by atoms with Crippen molar-refractivity contribution >= 4 is 11.6 Å². The van der Waals surface area contributed by atoms with Gasteiger partial charge in [0.15, 0.2) is 29.9 Å². The molecule has 1 N–H and O–H groups in total. The number of anilines is 1. The minimum absolute atomic E-state index is 0.0707. The molecule has 192 valence electrons. The summed E-state index contributed by atoms with van der Waals surface area (Å²) in [6.45, 7) is -0.440. The van der Waals surface area contributed by atoms with Gasteiger partial charge in [-0.25, -0.2) is 22.2 Å². The predicted octanol–water partition coefficient (Wildman–Crippen LogP) is 5.64. The highest BCUT2D eigenvalue weighted by Gasteiger charge is 2.20. The Bertz CT molecular complexity index is 1580. The van der Waals surface area contributed by atoms with Gasteiger partial charge < -0.3 is 10.1 Å². The highest BCUT2D eigenvalue weighted by molar-refractivity contribution is 6.02. The molecule has 2 aromatic heterocycles. The average Bonchev–Trinajstić information content (AvgIpc) is 3.59. The number of aromatic nitrogens is 4. The highest BCUT2D eigenvalue weighted by atomic mass is 19.2. The van der Waals surface area contributed by atoms with Gasteiger partial charge in [-0.2, -0.15) is 10.2 Å². The van der Waals surface area contributed by atoms with Crippen LogP contribution in [0.25, 0.3) is 11.1 Å². The lowest BCUT2D eigenvalue weighted by molar-refractivity contribution is 0.102. The van der Waals surface area contributed by atoms with Gasteiger partial charge in [-0.05, 0) is 29.3 Å². The third-order valence-electron chi connectivity index (χ3n) is 5.62. The fourth-order valence-corrected chi connectivity index (χ4v) is 3.69. The Balaban J connectivity index is 1.17. The van der Waals surface area contributed by atoms with Crippen LogP contribution in [0.15, 0.2) is 85.3 Å². The zero-order chi connectivity index (χ0) is 26.6. The van der Waals surface area contributed by atoms with Crippen molar-refractivity contribution in [2.24, 2.45) is 0 Å². The zero-order valence-corrected chi connectivity index (χ0v) is 19.6. The molecule has 0 aliphatic heterocycles. The molecule has 1 amide bonds. The molecule has 11 heteroatoms. The van der Waals surface area contributed by atoms with Crippen molar-refractivity contribution in [3.05, 3.63) is 120 Å². The molecule has 0 saturated heterocycles. The quantitative estimate of drug-likeness (QED) is 0.163. The first-order chi connectivity index (χ1) is 18.4. The van der Waals surface area contributed by atoms with E-state index in [-0.39, 0.29) is 24.2 Å². The largest absolute Gasteiger partial charge is 0.471 e. The van der Waals surface area contributed by atoms with E-state index in [0.717, 1.165) is 15.8 Å². The predicted molar refractivity (Wildman–Crippen MR) is 130 cm³/mol. The van der Waals surface area contributed by atoms with Gasteiger partial charge in [0.2, 0.25) is 0 Å². The van der Waals surface area contributed by atoms with Crippen LogP contribution >= 0.6 is 0 Å². The number of hydrogen-bond acceptors (Lipinski definition) is 4. The minimum atomic E-state index is -1.77. The summed E-state index contributed by atoms with van der Waals surface area (Å²) >= 11 is 0. The van der Waals surface area contributed by atoms with E-state index < -0.39 is 41.3 Å². The Morgan fingerprint density at radius 1 is 0.868 bits per heavy atom. The molecule has 5 rings (SSSR count). The average molecular weight is 521 g/mol. The van der Waals surface area contributed by atoms with Crippen molar-refractivity contribution in [3.8, 4) is 16.9 Å². The van der Waals surface area contributed by atoms with Gasteiger partial charge in [0.1, 0.15) is 11.6 Å². The fourth-order valence-electron chi connectivity index (χ4n) is 3.69. The molecule has 7 nitrogen and oxygen atoms in total. The Morgan fingerprint density at radius 2 is 1.61 bits per heavy atom. The lowest BCUT2D eigenvalue weighted by atomic mass is 10.1. The monoisotopic (exact) mass is 521 g/mol. The molecular formula is C27H19F4N5O2. The SMILES string of the molecule is O=C(Nc1cnn(Cc2c(F)cc(F)c(F)c2F)c1)c1ccn(COc2ccc(-c3ccccc3)cc2)n1. The van der Waals surface area contributed by atoms with Crippen molar-refractivity contribution in [2.75, 3.05) is 5.32 Å². The molecule has 3 aromatic carbocycles. The Kier molecular flexibility index (Phi) is 6.90. The second-order valence-corrected chi connectivity index (χ2v) is 8.23. The minimum Gasteiger partial charge on any atom is -0.471 e. The zero-order valence-electron chi connectivity index (χ0n) is 19.6. The molecule has 0 radical (unpaired) electrons. The third kappa shape index (κ3) is 5.41. The van der Waals surface area contributed by atoms with E-state index in [1.54, 1.807) is 6.20 Å². The van der Waals surface area contributed by atoms with Crippen LogP contribution in [0.3, 0.4) is 0 Å². The van der Waals surface area contributed by atoms with Crippen LogP contribution in [-0.4, -0.2) is 25.5 Å². The van der Waals surface area contributed by atoms with Crippen LogP contribution in [0.4, 0.5) is 23.2 Å². The van der Waals surface area contributed by atoms with Crippen LogP contribution in [0, 0.1) is 23.3 Å². The summed E-state index contributed by atoms with van der Waals surface area (Å²) in [7, 11) is 0. The number of hydrogen-bond donors (Lipinski definition) is 1. The van der Waals surface area contributed by atoms with Crippen molar-refractivity contribution in [2.45, 2.75) is 13.3 Å². The molecular weight excluding hydrogens is 502 g/mol. The van der Waals surface area contributed by atoms with Gasteiger partial charge >= 0.3 is 0 Å². The van der Waals surface area contributed by atoms with E-state index in [1.165, 1.54) is 23.1 Å². The highest BCUT2D eigenvalue weighted by Crippen LogP contribution is 2.23. The summed E-state index contributed by atoms with van der Waals surface area (Å²) in [5.74, 6) is -6.20. The van der Waals surface area contributed by atoms with Crippen LogP contribution in [0.2, 0.25) is 0 Å². The fraction of sp³-hybridized carbons (Fsp3) is 0.0741. The van der Waals surface area contributed by atoms with E-state index in [4.69, 9.17) is 4.74 Å². The molecule has 5 aromatic rings. The number of carbonyl (C=O) groups excluding carboxylic acids is 1. The maximum atomic E-state index is 13.9. The van der Waals surface area contributed by atoms with Crippen LogP contribution in [0.1, 0.15) is 16.1 Å².